The minimum Gasteiger partial charge on any atom is -0.504 e. The lowest BCUT2D eigenvalue weighted by Crippen LogP contribution is -2.17. The highest BCUT2D eigenvalue weighted by Crippen LogP contribution is 2.30. The van der Waals surface area contributed by atoms with Crippen LogP contribution in [0.3, 0.4) is 0 Å². The summed E-state index contributed by atoms with van der Waals surface area (Å²) in [6.45, 7) is 2.01. The molecule has 5 aromatic rings. The Bertz CT molecular complexity index is 1540. The number of aryl methyl sites for hydroxylation is 1. The van der Waals surface area contributed by atoms with Crippen LogP contribution < -0.4 is 10.9 Å². The third-order valence-corrected chi connectivity index (χ3v) is 5.63. The molecular formula is C24H22N6O4. The lowest BCUT2D eigenvalue weighted by Gasteiger charge is -2.15. The third-order valence-electron chi connectivity index (χ3n) is 5.63. The van der Waals surface area contributed by atoms with E-state index in [4.69, 9.17) is 0 Å². The number of H-pyrrole nitrogens is 2. The molecule has 0 bridgehead atoms. The van der Waals surface area contributed by atoms with Gasteiger partial charge in [0.1, 0.15) is 11.4 Å². The number of hydrogen-bond donors (Lipinski definition) is 6. The molecule has 3 heterocycles. The standard InChI is InChI=1S/C24H22N6O4/c1-13-8-15(30-7-6-25-12-30)10-17-22(13)29-23(28-17)21-16(4-5-26-24(21)34)27-11-20(33)14-2-3-18(31)19(32)9-14/h2-10,12,20,31-33H,11H2,1H3,(H,28,29)(H2,26,27,34)/t20-/m1/s1. The van der Waals surface area contributed by atoms with Crippen LogP contribution in [0.5, 0.6) is 11.5 Å². The molecule has 5 rings (SSSR count). The summed E-state index contributed by atoms with van der Waals surface area (Å²) >= 11 is 0. The lowest BCUT2D eigenvalue weighted by molar-refractivity contribution is 0.191. The Hall–Kier alpha value is -4.57. The summed E-state index contributed by atoms with van der Waals surface area (Å²) in [5.41, 5.74) is 4.24. The monoisotopic (exact) mass is 458 g/mol. The Kier molecular flexibility index (Phi) is 5.27. The second-order valence-electron chi connectivity index (χ2n) is 7.95. The van der Waals surface area contributed by atoms with Crippen LogP contribution in [0.2, 0.25) is 0 Å². The summed E-state index contributed by atoms with van der Waals surface area (Å²) in [6.07, 6.45) is 5.78. The molecule has 172 valence electrons. The van der Waals surface area contributed by atoms with Gasteiger partial charge in [0, 0.05) is 30.8 Å². The average molecular weight is 458 g/mol. The molecule has 6 N–H and O–H groups in total. The highest BCUT2D eigenvalue weighted by atomic mass is 16.3. The third kappa shape index (κ3) is 3.86. The number of aromatic amines is 2. The zero-order chi connectivity index (χ0) is 23.8. The van der Waals surface area contributed by atoms with Crippen LogP contribution in [0, 0.1) is 6.92 Å². The van der Waals surface area contributed by atoms with Gasteiger partial charge in [0.2, 0.25) is 0 Å². The number of anilines is 1. The van der Waals surface area contributed by atoms with E-state index in [-0.39, 0.29) is 23.6 Å². The topological polar surface area (TPSA) is 152 Å². The van der Waals surface area contributed by atoms with Crippen LogP contribution in [0.4, 0.5) is 5.69 Å². The van der Waals surface area contributed by atoms with Gasteiger partial charge in [-0.25, -0.2) is 9.97 Å². The van der Waals surface area contributed by atoms with Crippen LogP contribution in [0.25, 0.3) is 28.1 Å². The van der Waals surface area contributed by atoms with Crippen molar-refractivity contribution in [2.45, 2.75) is 13.0 Å². The first-order valence-corrected chi connectivity index (χ1v) is 10.6. The van der Waals surface area contributed by atoms with Gasteiger partial charge in [0.25, 0.3) is 5.56 Å². The van der Waals surface area contributed by atoms with Crippen molar-refractivity contribution in [3.8, 4) is 28.6 Å². The zero-order valence-corrected chi connectivity index (χ0v) is 18.1. The van der Waals surface area contributed by atoms with Crippen molar-refractivity contribution in [1.29, 1.82) is 0 Å². The molecule has 1 atom stereocenters. The van der Waals surface area contributed by atoms with E-state index in [1.165, 1.54) is 24.4 Å². The normalized spacial score (nSPS) is 12.2. The summed E-state index contributed by atoms with van der Waals surface area (Å²) in [5, 5.41) is 32.8. The highest BCUT2D eigenvalue weighted by molar-refractivity contribution is 5.86. The predicted octanol–water partition coefficient (Wildman–Crippen LogP) is 2.97. The van der Waals surface area contributed by atoms with E-state index in [1.54, 1.807) is 18.6 Å². The molecule has 10 heteroatoms. The minimum atomic E-state index is -0.991. The molecule has 10 nitrogen and oxygen atoms in total. The molecule has 0 fully saturated rings. The number of pyridine rings is 1. The van der Waals surface area contributed by atoms with Crippen molar-refractivity contribution in [3.05, 3.63) is 82.8 Å². The summed E-state index contributed by atoms with van der Waals surface area (Å²) in [5.74, 6) is -0.194. The Morgan fingerprint density at radius 3 is 2.76 bits per heavy atom. The van der Waals surface area contributed by atoms with Crippen molar-refractivity contribution in [2.75, 3.05) is 11.9 Å². The number of phenols is 2. The van der Waals surface area contributed by atoms with E-state index < -0.39 is 6.10 Å². The van der Waals surface area contributed by atoms with Gasteiger partial charge >= 0.3 is 0 Å². The van der Waals surface area contributed by atoms with Gasteiger partial charge in [-0.3, -0.25) is 4.79 Å². The fraction of sp³-hybridized carbons (Fsp3) is 0.125. The van der Waals surface area contributed by atoms with Crippen molar-refractivity contribution in [3.63, 3.8) is 0 Å². The fourth-order valence-electron chi connectivity index (χ4n) is 3.88. The van der Waals surface area contributed by atoms with Gasteiger partial charge in [-0.2, -0.15) is 0 Å². The zero-order valence-electron chi connectivity index (χ0n) is 18.1. The molecule has 34 heavy (non-hydrogen) atoms. The highest BCUT2D eigenvalue weighted by Gasteiger charge is 2.17. The molecule has 0 aliphatic rings. The fourth-order valence-corrected chi connectivity index (χ4v) is 3.88. The van der Waals surface area contributed by atoms with E-state index in [1.807, 2.05) is 29.8 Å². The minimum absolute atomic E-state index is 0.0602. The molecule has 0 radical (unpaired) electrons. The molecule has 2 aromatic carbocycles. The smallest absolute Gasteiger partial charge is 0.261 e. The van der Waals surface area contributed by atoms with Crippen LogP contribution in [-0.4, -0.2) is 46.4 Å². The Labute approximate surface area is 193 Å². The van der Waals surface area contributed by atoms with E-state index in [0.29, 0.717) is 22.6 Å². The molecule has 0 saturated carbocycles. The number of nitrogens with one attached hydrogen (secondary N) is 3. The first kappa shape index (κ1) is 21.3. The summed E-state index contributed by atoms with van der Waals surface area (Å²) < 4.78 is 1.89. The number of aliphatic hydroxyl groups excluding tert-OH is 1. The van der Waals surface area contributed by atoms with Gasteiger partial charge < -0.3 is 35.2 Å². The predicted molar refractivity (Wildman–Crippen MR) is 127 cm³/mol. The molecule has 0 unspecified atom stereocenters. The van der Waals surface area contributed by atoms with Gasteiger partial charge in [0.05, 0.1) is 29.2 Å². The Morgan fingerprint density at radius 1 is 1.15 bits per heavy atom. The maximum absolute atomic E-state index is 12.8. The Balaban J connectivity index is 1.48. The number of aliphatic hydroxyl groups is 1. The summed E-state index contributed by atoms with van der Waals surface area (Å²) in [7, 11) is 0. The van der Waals surface area contributed by atoms with Crippen molar-refractivity contribution in [2.24, 2.45) is 0 Å². The molecule has 0 saturated heterocycles. The SMILES string of the molecule is Cc1cc(-n2ccnc2)cc2[nH]c(-c3c(NC[C@@H](O)c4ccc(O)c(O)c4)cc[nH]c3=O)nc12. The number of aromatic nitrogens is 5. The first-order valence-electron chi connectivity index (χ1n) is 10.6. The quantitative estimate of drug-likeness (QED) is 0.214. The number of nitrogens with zero attached hydrogens (tertiary/aromatic N) is 3. The first-order chi connectivity index (χ1) is 16.4. The number of imidazole rings is 2. The molecule has 0 spiro atoms. The molecule has 3 aromatic heterocycles. The molecule has 0 aliphatic carbocycles. The van der Waals surface area contributed by atoms with Gasteiger partial charge in [-0.15, -0.1) is 0 Å². The second-order valence-corrected chi connectivity index (χ2v) is 7.95. The summed E-state index contributed by atoms with van der Waals surface area (Å²) in [6, 6.07) is 9.73. The number of aromatic hydroxyl groups is 2. The van der Waals surface area contributed by atoms with E-state index in [0.717, 1.165) is 22.3 Å². The largest absolute Gasteiger partial charge is 0.504 e. The van der Waals surface area contributed by atoms with Crippen LogP contribution >= 0.6 is 0 Å². The number of hydrogen-bond acceptors (Lipinski definition) is 7. The van der Waals surface area contributed by atoms with Gasteiger partial charge in [-0.05, 0) is 48.4 Å². The lowest BCUT2D eigenvalue weighted by atomic mass is 10.1. The maximum Gasteiger partial charge on any atom is 0.261 e. The van der Waals surface area contributed by atoms with Gasteiger partial charge in [0.15, 0.2) is 11.5 Å². The van der Waals surface area contributed by atoms with E-state index >= 15 is 0 Å². The average Bonchev–Trinajstić information content (AvgIpc) is 3.49. The van der Waals surface area contributed by atoms with Crippen molar-refractivity contribution >= 4 is 16.7 Å². The number of rotatable bonds is 6. The summed E-state index contributed by atoms with van der Waals surface area (Å²) in [4.78, 5) is 27.4. The van der Waals surface area contributed by atoms with Crippen molar-refractivity contribution < 1.29 is 15.3 Å². The molecular weight excluding hydrogens is 436 g/mol. The van der Waals surface area contributed by atoms with Crippen LogP contribution in [-0.2, 0) is 0 Å². The molecule has 0 aliphatic heterocycles. The number of benzene rings is 2. The second kappa shape index (κ2) is 8.41. The van der Waals surface area contributed by atoms with E-state index in [9.17, 15) is 20.1 Å². The van der Waals surface area contributed by atoms with Crippen LogP contribution in [0.15, 0.2) is 66.1 Å². The van der Waals surface area contributed by atoms with Gasteiger partial charge in [-0.1, -0.05) is 6.07 Å². The number of fused-ring (bicyclic) bond motifs is 1. The Morgan fingerprint density at radius 2 is 2.00 bits per heavy atom. The van der Waals surface area contributed by atoms with Crippen molar-refractivity contribution in [1.82, 2.24) is 24.5 Å². The maximum atomic E-state index is 12.8. The number of phenolic OH excluding ortho intramolecular Hbond substituents is 2. The van der Waals surface area contributed by atoms with E-state index in [2.05, 4.69) is 25.3 Å². The van der Waals surface area contributed by atoms with Crippen LogP contribution in [0.1, 0.15) is 17.2 Å². The molecule has 0 amide bonds.